The summed E-state index contributed by atoms with van der Waals surface area (Å²) in [6, 6.07) is 0. The minimum absolute atomic E-state index is 1.23. The number of hydrogen-bond acceptors (Lipinski definition) is 0. The van der Waals surface area contributed by atoms with Crippen LogP contribution in [0.15, 0.2) is 12.4 Å². The molecule has 0 amide bonds. The summed E-state index contributed by atoms with van der Waals surface area (Å²) < 4.78 is 5.32. The molecule has 0 spiro atoms. The fraction of sp³-hybridized carbons (Fsp3) is 0.942. The smallest absolute Gasteiger partial charge is 0.234 e. The summed E-state index contributed by atoms with van der Waals surface area (Å²) in [5, 5.41) is 0. The summed E-state index contributed by atoms with van der Waals surface area (Å²) in [5.41, 5.74) is 0. The average molecular weight is 756 g/mol. The van der Waals surface area contributed by atoms with Gasteiger partial charge in [-0.2, -0.15) is 0 Å². The molecular formula is C52H103N2+. The van der Waals surface area contributed by atoms with Crippen LogP contribution in [0.4, 0.5) is 0 Å². The molecule has 1 aromatic rings. The third kappa shape index (κ3) is 34.5. The molecule has 0 aliphatic heterocycles. The molecule has 0 atom stereocenters. The predicted octanol–water partition coefficient (Wildman–Crippen LogP) is 18.2. The van der Waals surface area contributed by atoms with Gasteiger partial charge in [0.1, 0.15) is 12.4 Å². The topological polar surface area (TPSA) is 8.81 Å². The normalized spacial score (nSPS) is 11.7. The van der Waals surface area contributed by atoms with Gasteiger partial charge in [-0.3, -0.25) is 0 Å². The Balaban J connectivity index is 2.26. The second-order valence-corrected chi connectivity index (χ2v) is 18.0. The van der Waals surface area contributed by atoms with Gasteiger partial charge < -0.3 is 0 Å². The minimum atomic E-state index is 1.23. The van der Waals surface area contributed by atoms with Gasteiger partial charge in [0.05, 0.1) is 13.1 Å². The number of hydrogen-bond donors (Lipinski definition) is 0. The Morgan fingerprint density at radius 2 is 0.574 bits per heavy atom. The fourth-order valence-corrected chi connectivity index (χ4v) is 8.80. The zero-order valence-electron chi connectivity index (χ0n) is 38.1. The molecule has 0 aromatic carbocycles. The van der Waals surface area contributed by atoms with E-state index in [0.717, 1.165) is 0 Å². The summed E-state index contributed by atoms with van der Waals surface area (Å²) >= 11 is 0. The Kier molecular flexibility index (Phi) is 41.1. The first kappa shape index (κ1) is 51.2. The molecule has 0 saturated carbocycles. The van der Waals surface area contributed by atoms with Crippen LogP contribution in [0, 0.1) is 0 Å². The molecule has 2 nitrogen and oxygen atoms in total. The van der Waals surface area contributed by atoms with E-state index in [2.05, 4.69) is 42.3 Å². The van der Waals surface area contributed by atoms with Crippen molar-refractivity contribution in [3.63, 3.8) is 0 Å². The van der Waals surface area contributed by atoms with Gasteiger partial charge in [-0.05, 0) is 32.1 Å². The van der Waals surface area contributed by atoms with E-state index in [0.29, 0.717) is 0 Å². The van der Waals surface area contributed by atoms with Crippen LogP contribution in [0.1, 0.15) is 303 Å². The van der Waals surface area contributed by atoms with E-state index in [4.69, 9.17) is 0 Å². The molecule has 54 heavy (non-hydrogen) atoms. The maximum Gasteiger partial charge on any atom is 0.256 e. The van der Waals surface area contributed by atoms with E-state index in [-0.39, 0.29) is 0 Å². The molecule has 0 saturated heterocycles. The number of aryl methyl sites for hydroxylation is 2. The van der Waals surface area contributed by atoms with Gasteiger partial charge in [-0.1, -0.05) is 265 Å². The second kappa shape index (κ2) is 43.3. The molecule has 0 bridgehead atoms. The fourth-order valence-electron chi connectivity index (χ4n) is 8.80. The molecule has 320 valence electrons. The monoisotopic (exact) mass is 756 g/mol. The molecule has 0 aliphatic rings. The van der Waals surface area contributed by atoms with Crippen molar-refractivity contribution in [3.05, 3.63) is 18.2 Å². The molecule has 0 aliphatic carbocycles. The van der Waals surface area contributed by atoms with Crippen LogP contribution in [0.2, 0.25) is 0 Å². The van der Waals surface area contributed by atoms with Crippen molar-refractivity contribution < 1.29 is 4.57 Å². The maximum atomic E-state index is 2.66. The Morgan fingerprint density at radius 3 is 0.889 bits per heavy atom. The average Bonchev–Trinajstić information content (AvgIpc) is 3.57. The molecular weight excluding hydrogens is 653 g/mol. The molecule has 0 radical (unpaired) electrons. The minimum Gasteiger partial charge on any atom is -0.234 e. The van der Waals surface area contributed by atoms with E-state index >= 15 is 0 Å². The summed E-state index contributed by atoms with van der Waals surface area (Å²) in [6.45, 7) is 9.42. The highest BCUT2D eigenvalue weighted by molar-refractivity contribution is 4.84. The quantitative estimate of drug-likeness (QED) is 0.0463. The lowest BCUT2D eigenvalue weighted by Gasteiger charge is -2.07. The molecule has 1 rings (SSSR count). The summed E-state index contributed by atoms with van der Waals surface area (Å²) in [7, 11) is 0. The molecule has 0 unspecified atom stereocenters. The number of rotatable bonds is 46. The lowest BCUT2D eigenvalue weighted by molar-refractivity contribution is -0.704. The maximum absolute atomic E-state index is 2.66. The van der Waals surface area contributed by atoms with Crippen LogP contribution in [-0.4, -0.2) is 4.57 Å². The van der Waals surface area contributed by atoms with Crippen molar-refractivity contribution >= 4 is 0 Å². The lowest BCUT2D eigenvalue weighted by Crippen LogP contribution is -2.37. The van der Waals surface area contributed by atoms with Crippen LogP contribution < -0.4 is 4.57 Å². The molecule has 0 fully saturated rings. The summed E-state index contributed by atoms with van der Waals surface area (Å²) in [6.07, 6.45) is 68.3. The highest BCUT2D eigenvalue weighted by Crippen LogP contribution is 2.17. The number of imidazole rings is 1. The zero-order valence-corrected chi connectivity index (χ0v) is 38.1. The first-order valence-electron chi connectivity index (χ1n) is 25.9. The highest BCUT2D eigenvalue weighted by atomic mass is 15.1. The van der Waals surface area contributed by atoms with Gasteiger partial charge in [-0.25, -0.2) is 9.13 Å². The van der Waals surface area contributed by atoms with Gasteiger partial charge in [0.2, 0.25) is 0 Å². The molecule has 1 heterocycles. The Labute approximate surface area is 342 Å². The van der Waals surface area contributed by atoms with Gasteiger partial charge in [0, 0.05) is 6.42 Å². The number of nitrogens with zero attached hydrogens (tertiary/aromatic N) is 2. The first-order chi connectivity index (χ1) is 26.8. The molecule has 2 heteroatoms. The second-order valence-electron chi connectivity index (χ2n) is 18.0. The standard InChI is InChI=1S/C52H103N2/c1-4-7-10-13-16-19-22-25-27-29-32-35-38-41-44-47-52-53(48-45-42-39-36-33-30-24-21-18-15-12-9-6-3)50-51-54(52)49-46-43-40-37-34-31-28-26-23-20-17-14-11-8-5-2/h50-51H,4-49H2,1-3H3/q+1. The SMILES string of the molecule is CCCCCCCCCCCCCCCCCc1n(CCCCCCCCCCCCCCCCC)cc[n+]1CCCCCCCCCCCCCCC. The van der Waals surface area contributed by atoms with Crippen molar-refractivity contribution in [1.29, 1.82) is 0 Å². The highest BCUT2D eigenvalue weighted by Gasteiger charge is 2.16. The van der Waals surface area contributed by atoms with Crippen molar-refractivity contribution in [2.75, 3.05) is 0 Å². The van der Waals surface area contributed by atoms with Crippen molar-refractivity contribution in [1.82, 2.24) is 4.57 Å². The molecule has 1 aromatic heterocycles. The third-order valence-corrected chi connectivity index (χ3v) is 12.6. The van der Waals surface area contributed by atoms with Crippen molar-refractivity contribution in [2.45, 2.75) is 316 Å². The van der Waals surface area contributed by atoms with Gasteiger partial charge in [0.15, 0.2) is 0 Å². The first-order valence-corrected chi connectivity index (χ1v) is 25.9. The van der Waals surface area contributed by atoms with Gasteiger partial charge >= 0.3 is 0 Å². The van der Waals surface area contributed by atoms with E-state index in [1.54, 1.807) is 5.82 Å². The van der Waals surface area contributed by atoms with E-state index in [1.807, 2.05) is 0 Å². The van der Waals surface area contributed by atoms with Crippen LogP contribution >= 0.6 is 0 Å². The van der Waals surface area contributed by atoms with Crippen LogP contribution in [0.25, 0.3) is 0 Å². The predicted molar refractivity (Wildman–Crippen MR) is 244 cm³/mol. The van der Waals surface area contributed by atoms with Gasteiger partial charge in [-0.15, -0.1) is 0 Å². The Bertz CT molecular complexity index is 826. The van der Waals surface area contributed by atoms with Gasteiger partial charge in [0.25, 0.3) is 5.82 Å². The van der Waals surface area contributed by atoms with Crippen LogP contribution in [0.5, 0.6) is 0 Å². The number of unbranched alkanes of at least 4 members (excludes halogenated alkanes) is 40. The summed E-state index contributed by atoms with van der Waals surface area (Å²) in [4.78, 5) is 0. The van der Waals surface area contributed by atoms with Crippen LogP contribution in [-0.2, 0) is 19.5 Å². The Hall–Kier alpha value is -0.790. The Morgan fingerprint density at radius 1 is 0.315 bits per heavy atom. The summed E-state index contributed by atoms with van der Waals surface area (Å²) in [5.74, 6) is 1.63. The van der Waals surface area contributed by atoms with E-state index < -0.39 is 0 Å². The number of aromatic nitrogens is 2. The van der Waals surface area contributed by atoms with E-state index in [9.17, 15) is 0 Å². The lowest BCUT2D eigenvalue weighted by atomic mass is 10.0. The zero-order chi connectivity index (χ0) is 38.7. The van der Waals surface area contributed by atoms with Crippen LogP contribution in [0.3, 0.4) is 0 Å². The largest absolute Gasteiger partial charge is 0.256 e. The molecule has 0 N–H and O–H groups in total. The van der Waals surface area contributed by atoms with E-state index in [1.165, 1.54) is 296 Å². The van der Waals surface area contributed by atoms with Crippen molar-refractivity contribution in [3.8, 4) is 0 Å². The third-order valence-electron chi connectivity index (χ3n) is 12.6. The van der Waals surface area contributed by atoms with Crippen molar-refractivity contribution in [2.24, 2.45) is 0 Å².